The van der Waals surface area contributed by atoms with Crippen LogP contribution in [0.25, 0.3) is 10.6 Å². The van der Waals surface area contributed by atoms with Gasteiger partial charge in [0.15, 0.2) is 0 Å². The van der Waals surface area contributed by atoms with Gasteiger partial charge in [-0.25, -0.2) is 12.7 Å². The van der Waals surface area contributed by atoms with Gasteiger partial charge in [-0.2, -0.15) is 0 Å². The van der Waals surface area contributed by atoms with E-state index in [1.54, 1.807) is 24.3 Å². The number of piperidine rings is 1. The lowest BCUT2D eigenvalue weighted by atomic mass is 9.99. The van der Waals surface area contributed by atoms with E-state index in [0.717, 1.165) is 5.56 Å². The molecule has 1 saturated heterocycles. The minimum atomic E-state index is -3.66. The van der Waals surface area contributed by atoms with Gasteiger partial charge in [-0.3, -0.25) is 4.79 Å². The molecule has 33 heavy (non-hydrogen) atoms. The summed E-state index contributed by atoms with van der Waals surface area (Å²) >= 11 is 19.2. The van der Waals surface area contributed by atoms with Gasteiger partial charge in [-0.15, -0.1) is 10.2 Å². The van der Waals surface area contributed by atoms with Crippen molar-refractivity contribution in [3.05, 3.63) is 63.1 Å². The van der Waals surface area contributed by atoms with Crippen LogP contribution in [-0.2, 0) is 20.6 Å². The summed E-state index contributed by atoms with van der Waals surface area (Å²) in [4.78, 5) is 12.8. The van der Waals surface area contributed by atoms with Crippen LogP contribution < -0.4 is 5.32 Å². The van der Waals surface area contributed by atoms with Gasteiger partial charge in [-0.1, -0.05) is 64.3 Å². The highest BCUT2D eigenvalue weighted by Crippen LogP contribution is 2.29. The van der Waals surface area contributed by atoms with E-state index < -0.39 is 15.9 Å². The van der Waals surface area contributed by atoms with Crippen LogP contribution in [-0.4, -0.2) is 41.9 Å². The molecule has 1 N–H and O–H groups in total. The van der Waals surface area contributed by atoms with E-state index in [9.17, 15) is 13.2 Å². The van der Waals surface area contributed by atoms with Crippen LogP contribution in [0.1, 0.15) is 18.4 Å². The lowest BCUT2D eigenvalue weighted by Crippen LogP contribution is -2.44. The van der Waals surface area contributed by atoms with Crippen molar-refractivity contribution >= 4 is 67.2 Å². The maximum absolute atomic E-state index is 13.0. The highest BCUT2D eigenvalue weighted by molar-refractivity contribution is 7.88. The van der Waals surface area contributed by atoms with Gasteiger partial charge in [0.05, 0.1) is 11.7 Å². The fourth-order valence-corrected chi connectivity index (χ4v) is 6.60. The molecule has 1 aliphatic rings. The predicted octanol–water partition coefficient (Wildman–Crippen LogP) is 5.35. The topological polar surface area (TPSA) is 92.3 Å². The van der Waals surface area contributed by atoms with Crippen molar-refractivity contribution < 1.29 is 13.2 Å². The number of carbonyl (C=O) groups is 1. The summed E-state index contributed by atoms with van der Waals surface area (Å²) in [5.41, 5.74) is 1.31. The van der Waals surface area contributed by atoms with Crippen molar-refractivity contribution in [2.24, 2.45) is 5.92 Å². The van der Waals surface area contributed by atoms with Gasteiger partial charge in [0.2, 0.25) is 21.1 Å². The highest BCUT2D eigenvalue weighted by Gasteiger charge is 2.33. The van der Waals surface area contributed by atoms with Crippen LogP contribution in [0, 0.1) is 5.92 Å². The Bertz CT molecular complexity index is 1270. The van der Waals surface area contributed by atoms with E-state index in [4.69, 9.17) is 34.8 Å². The van der Waals surface area contributed by atoms with E-state index in [0.29, 0.717) is 50.2 Å². The van der Waals surface area contributed by atoms with Crippen molar-refractivity contribution in [2.75, 3.05) is 18.4 Å². The van der Waals surface area contributed by atoms with Gasteiger partial charge < -0.3 is 5.32 Å². The Hall–Kier alpha value is -1.75. The molecule has 3 aromatic rings. The second kappa shape index (κ2) is 10.2. The Labute approximate surface area is 210 Å². The molecule has 0 unspecified atom stereocenters. The first-order chi connectivity index (χ1) is 15.7. The number of amides is 1. The smallest absolute Gasteiger partial charge is 0.230 e. The van der Waals surface area contributed by atoms with Crippen LogP contribution in [0.15, 0.2) is 42.5 Å². The molecule has 1 aliphatic heterocycles. The molecule has 1 aromatic heterocycles. The van der Waals surface area contributed by atoms with Crippen molar-refractivity contribution in [3.63, 3.8) is 0 Å². The molecule has 2 heterocycles. The average Bonchev–Trinajstić information content (AvgIpc) is 3.24. The predicted molar refractivity (Wildman–Crippen MR) is 132 cm³/mol. The molecule has 4 rings (SSSR count). The maximum Gasteiger partial charge on any atom is 0.230 e. The number of carbonyl (C=O) groups excluding carboxylic acids is 1. The molecule has 1 fully saturated rings. The average molecular weight is 546 g/mol. The first-order valence-corrected chi connectivity index (χ1v) is 13.6. The zero-order valence-electron chi connectivity index (χ0n) is 17.2. The molecular formula is C21H19Cl3N4O3S2. The SMILES string of the molecule is O=C(Nc1nnc(-c2ccc(Cl)cc2)s1)[C@H]1CCCN(S(=O)(=O)Cc2ccc(Cl)cc2Cl)C1. The number of rotatable bonds is 6. The minimum absolute atomic E-state index is 0.0994. The van der Waals surface area contributed by atoms with Gasteiger partial charge in [0.25, 0.3) is 0 Å². The summed E-state index contributed by atoms with van der Waals surface area (Å²) in [6.45, 7) is 0.457. The Morgan fingerprint density at radius 1 is 1.09 bits per heavy atom. The summed E-state index contributed by atoms with van der Waals surface area (Å²) in [7, 11) is -3.66. The molecule has 174 valence electrons. The first-order valence-electron chi connectivity index (χ1n) is 10.0. The molecule has 1 atom stereocenters. The number of anilines is 1. The fraction of sp³-hybridized carbons (Fsp3) is 0.286. The minimum Gasteiger partial charge on any atom is -0.300 e. The Kier molecular flexibility index (Phi) is 7.57. The lowest BCUT2D eigenvalue weighted by Gasteiger charge is -2.31. The molecule has 0 radical (unpaired) electrons. The third-order valence-corrected chi connectivity index (χ3v) is 8.77. The zero-order valence-corrected chi connectivity index (χ0v) is 21.1. The number of sulfonamides is 1. The molecule has 0 bridgehead atoms. The van der Waals surface area contributed by atoms with E-state index >= 15 is 0 Å². The largest absolute Gasteiger partial charge is 0.300 e. The molecular weight excluding hydrogens is 527 g/mol. The number of hydrogen-bond acceptors (Lipinski definition) is 6. The summed E-state index contributed by atoms with van der Waals surface area (Å²) < 4.78 is 27.3. The first kappa shape index (κ1) is 24.4. The normalized spacial score (nSPS) is 17.1. The molecule has 7 nitrogen and oxygen atoms in total. The fourth-order valence-electron chi connectivity index (χ4n) is 3.53. The van der Waals surface area contributed by atoms with Crippen LogP contribution in [0.5, 0.6) is 0 Å². The Balaban J connectivity index is 1.40. The zero-order chi connectivity index (χ0) is 23.6. The summed E-state index contributed by atoms with van der Waals surface area (Å²) in [6, 6.07) is 11.9. The maximum atomic E-state index is 13.0. The van der Waals surface area contributed by atoms with E-state index in [2.05, 4.69) is 15.5 Å². The Morgan fingerprint density at radius 3 is 2.55 bits per heavy atom. The van der Waals surface area contributed by atoms with Gasteiger partial charge in [0, 0.05) is 33.7 Å². The van der Waals surface area contributed by atoms with Gasteiger partial charge in [0.1, 0.15) is 5.01 Å². The second-order valence-electron chi connectivity index (χ2n) is 7.60. The number of halogens is 3. The molecule has 0 spiro atoms. The number of nitrogens with zero attached hydrogens (tertiary/aromatic N) is 3. The quantitative estimate of drug-likeness (QED) is 0.451. The molecule has 0 aliphatic carbocycles. The third-order valence-electron chi connectivity index (χ3n) is 5.25. The third kappa shape index (κ3) is 6.03. The number of benzene rings is 2. The molecule has 1 amide bonds. The van der Waals surface area contributed by atoms with Crippen molar-refractivity contribution in [3.8, 4) is 10.6 Å². The highest BCUT2D eigenvalue weighted by atomic mass is 35.5. The van der Waals surface area contributed by atoms with Gasteiger partial charge in [-0.05, 0) is 42.7 Å². The Morgan fingerprint density at radius 2 is 1.82 bits per heavy atom. The summed E-state index contributed by atoms with van der Waals surface area (Å²) in [5.74, 6) is -1.02. The summed E-state index contributed by atoms with van der Waals surface area (Å²) in [5, 5.41) is 13.3. The number of hydrogen-bond donors (Lipinski definition) is 1. The standard InChI is InChI=1S/C21H19Cl3N4O3S2/c22-16-6-3-13(4-7-16)20-26-27-21(32-20)25-19(29)14-2-1-9-28(11-14)33(30,31)12-15-5-8-17(23)10-18(15)24/h3-8,10,14H,1-2,9,11-12H2,(H,25,27,29)/t14-/m0/s1. The summed E-state index contributed by atoms with van der Waals surface area (Å²) in [6.07, 6.45) is 1.17. The molecule has 0 saturated carbocycles. The van der Waals surface area contributed by atoms with Crippen molar-refractivity contribution in [2.45, 2.75) is 18.6 Å². The second-order valence-corrected chi connectivity index (χ2v) is 11.8. The number of aromatic nitrogens is 2. The van der Waals surface area contributed by atoms with E-state index in [1.165, 1.54) is 21.7 Å². The van der Waals surface area contributed by atoms with Gasteiger partial charge >= 0.3 is 0 Å². The number of nitrogens with one attached hydrogen (secondary N) is 1. The van der Waals surface area contributed by atoms with Crippen LogP contribution in [0.4, 0.5) is 5.13 Å². The van der Waals surface area contributed by atoms with Crippen molar-refractivity contribution in [1.82, 2.24) is 14.5 Å². The van der Waals surface area contributed by atoms with Crippen LogP contribution in [0.3, 0.4) is 0 Å². The molecule has 2 aromatic carbocycles. The van der Waals surface area contributed by atoms with Crippen LogP contribution in [0.2, 0.25) is 15.1 Å². The van der Waals surface area contributed by atoms with E-state index in [-0.39, 0.29) is 18.2 Å². The lowest BCUT2D eigenvalue weighted by molar-refractivity contribution is -0.120. The molecule has 12 heteroatoms. The van der Waals surface area contributed by atoms with Crippen LogP contribution >= 0.6 is 46.1 Å². The van der Waals surface area contributed by atoms with E-state index in [1.807, 2.05) is 12.1 Å². The van der Waals surface area contributed by atoms with Crippen molar-refractivity contribution in [1.29, 1.82) is 0 Å². The monoisotopic (exact) mass is 544 g/mol.